The molecule has 0 aliphatic heterocycles. The number of nitrogens with zero attached hydrogens (tertiary/aromatic N) is 2. The van der Waals surface area contributed by atoms with E-state index in [9.17, 15) is 4.79 Å². The lowest BCUT2D eigenvalue weighted by Gasteiger charge is -2.28. The van der Waals surface area contributed by atoms with Gasteiger partial charge in [-0.25, -0.2) is 9.78 Å². The Balaban J connectivity index is 1.97. The fourth-order valence-electron chi connectivity index (χ4n) is 4.08. The van der Waals surface area contributed by atoms with E-state index in [1.165, 1.54) is 11.1 Å². The summed E-state index contributed by atoms with van der Waals surface area (Å²) in [6.07, 6.45) is -0.498. The summed E-state index contributed by atoms with van der Waals surface area (Å²) in [6.45, 7) is 7.90. The van der Waals surface area contributed by atoms with Gasteiger partial charge < -0.3 is 24.4 Å². The fraction of sp³-hybridized carbons (Fsp3) is 0.286. The number of para-hydroxylation sites is 1. The van der Waals surface area contributed by atoms with Crippen molar-refractivity contribution in [2.75, 3.05) is 25.9 Å². The minimum Gasteiger partial charge on any atom is -0.493 e. The Kier molecular flexibility index (Phi) is 6.96. The Labute approximate surface area is 205 Å². The van der Waals surface area contributed by atoms with Gasteiger partial charge >= 0.3 is 6.09 Å². The number of amides is 1. The van der Waals surface area contributed by atoms with Crippen LogP contribution in [0.2, 0.25) is 0 Å². The van der Waals surface area contributed by atoms with Crippen molar-refractivity contribution in [1.29, 1.82) is 0 Å². The van der Waals surface area contributed by atoms with Crippen LogP contribution in [-0.4, -0.2) is 38.1 Å². The summed E-state index contributed by atoms with van der Waals surface area (Å²) in [6, 6.07) is 17.9. The summed E-state index contributed by atoms with van der Waals surface area (Å²) >= 11 is 0. The van der Waals surface area contributed by atoms with Crippen LogP contribution in [0.25, 0.3) is 21.8 Å². The van der Waals surface area contributed by atoms with E-state index in [0.29, 0.717) is 17.2 Å². The highest BCUT2D eigenvalue weighted by atomic mass is 16.6. The van der Waals surface area contributed by atoms with Crippen LogP contribution in [0, 0.1) is 13.8 Å². The average Bonchev–Trinajstić information content (AvgIpc) is 2.83. The molecule has 1 N–H and O–H groups in total. The van der Waals surface area contributed by atoms with Crippen molar-refractivity contribution in [3.63, 3.8) is 0 Å². The van der Waals surface area contributed by atoms with Gasteiger partial charge in [0, 0.05) is 28.6 Å². The molecule has 0 aliphatic rings. The third-order valence-corrected chi connectivity index (χ3v) is 5.91. The first-order chi connectivity index (χ1) is 16.8. The number of aryl methyl sites for hydroxylation is 2. The maximum Gasteiger partial charge on any atom is 0.409 e. The highest BCUT2D eigenvalue weighted by Gasteiger charge is 2.24. The Morgan fingerprint density at radius 3 is 2.34 bits per heavy atom. The Bertz CT molecular complexity index is 1370. The van der Waals surface area contributed by atoms with Crippen LogP contribution in [0.15, 0.2) is 54.6 Å². The standard InChI is InChI=1S/C28H31N3O4/c1-17(2)29-28(32)35-16-31(21-10-8-7-9-11-21)26-22-14-20-12-18(3)19(4)13-23(20)30-24(22)15-25(33-5)27(26)34-6/h7-15,17H,16H2,1-6H3,(H,29,32). The normalized spacial score (nSPS) is 11.1. The van der Waals surface area contributed by atoms with E-state index in [4.69, 9.17) is 19.2 Å². The van der Waals surface area contributed by atoms with Crippen LogP contribution in [-0.2, 0) is 4.74 Å². The lowest BCUT2D eigenvalue weighted by Crippen LogP contribution is -2.34. The number of carbonyl (C=O) groups is 1. The van der Waals surface area contributed by atoms with Crippen LogP contribution >= 0.6 is 0 Å². The molecule has 0 atom stereocenters. The SMILES string of the molecule is COc1cc2nc3cc(C)c(C)cc3cc2c(N(COC(=O)NC(C)C)c2ccccc2)c1OC. The van der Waals surface area contributed by atoms with Gasteiger partial charge in [0.2, 0.25) is 0 Å². The van der Waals surface area contributed by atoms with Crippen molar-refractivity contribution in [1.82, 2.24) is 10.3 Å². The van der Waals surface area contributed by atoms with Gasteiger partial charge in [0.25, 0.3) is 0 Å². The van der Waals surface area contributed by atoms with E-state index >= 15 is 0 Å². The first-order valence-electron chi connectivity index (χ1n) is 11.5. The fourth-order valence-corrected chi connectivity index (χ4v) is 4.08. The van der Waals surface area contributed by atoms with Crippen LogP contribution in [0.4, 0.5) is 16.2 Å². The molecule has 1 amide bonds. The number of aromatic nitrogens is 1. The summed E-state index contributed by atoms with van der Waals surface area (Å²) in [5.41, 5.74) is 5.56. The number of benzene rings is 3. The highest BCUT2D eigenvalue weighted by Crippen LogP contribution is 2.46. The van der Waals surface area contributed by atoms with Gasteiger partial charge in [-0.3, -0.25) is 0 Å². The first-order valence-corrected chi connectivity index (χ1v) is 11.5. The number of methoxy groups -OCH3 is 2. The van der Waals surface area contributed by atoms with Gasteiger partial charge in [-0.05, 0) is 69.2 Å². The molecule has 0 bridgehead atoms. The molecule has 4 aromatic rings. The number of carbonyl (C=O) groups excluding carboxylic acids is 1. The van der Waals surface area contributed by atoms with E-state index in [1.807, 2.05) is 55.1 Å². The summed E-state index contributed by atoms with van der Waals surface area (Å²) in [4.78, 5) is 19.2. The summed E-state index contributed by atoms with van der Waals surface area (Å²) in [5, 5.41) is 4.64. The minimum absolute atomic E-state index is 0.0356. The summed E-state index contributed by atoms with van der Waals surface area (Å²) in [7, 11) is 3.20. The minimum atomic E-state index is -0.498. The number of alkyl carbamates (subject to hydrolysis) is 1. The summed E-state index contributed by atoms with van der Waals surface area (Å²) in [5.74, 6) is 1.07. The van der Waals surface area contributed by atoms with Crippen molar-refractivity contribution < 1.29 is 19.0 Å². The monoisotopic (exact) mass is 473 g/mol. The second-order valence-electron chi connectivity index (χ2n) is 8.77. The average molecular weight is 474 g/mol. The predicted molar refractivity (Wildman–Crippen MR) is 140 cm³/mol. The second kappa shape index (κ2) is 10.1. The quantitative estimate of drug-likeness (QED) is 0.253. The molecule has 3 aromatic carbocycles. The van der Waals surface area contributed by atoms with Crippen molar-refractivity contribution >= 4 is 39.3 Å². The smallest absolute Gasteiger partial charge is 0.409 e. The topological polar surface area (TPSA) is 72.9 Å². The van der Waals surface area contributed by atoms with Gasteiger partial charge in [-0.15, -0.1) is 0 Å². The van der Waals surface area contributed by atoms with E-state index in [2.05, 4.69) is 37.4 Å². The Morgan fingerprint density at radius 2 is 1.69 bits per heavy atom. The van der Waals surface area contributed by atoms with Gasteiger partial charge in [0.1, 0.15) is 0 Å². The third-order valence-electron chi connectivity index (χ3n) is 5.91. The van der Waals surface area contributed by atoms with Crippen molar-refractivity contribution in [2.45, 2.75) is 33.7 Å². The molecule has 0 spiro atoms. The predicted octanol–water partition coefficient (Wildman–Crippen LogP) is 6.25. The lowest BCUT2D eigenvalue weighted by molar-refractivity contribution is 0.146. The largest absolute Gasteiger partial charge is 0.493 e. The van der Waals surface area contributed by atoms with E-state index < -0.39 is 6.09 Å². The number of ether oxygens (including phenoxy) is 3. The molecular weight excluding hydrogens is 442 g/mol. The number of anilines is 2. The molecule has 182 valence electrons. The number of pyridine rings is 1. The number of fused-ring (bicyclic) bond motifs is 2. The van der Waals surface area contributed by atoms with Gasteiger partial charge in [-0.2, -0.15) is 0 Å². The number of hydrogen-bond donors (Lipinski definition) is 1. The maximum atomic E-state index is 12.4. The summed E-state index contributed by atoms with van der Waals surface area (Å²) < 4.78 is 17.2. The van der Waals surface area contributed by atoms with E-state index in [0.717, 1.165) is 27.5 Å². The van der Waals surface area contributed by atoms with Crippen LogP contribution in [0.5, 0.6) is 11.5 Å². The van der Waals surface area contributed by atoms with E-state index in [-0.39, 0.29) is 12.8 Å². The number of rotatable bonds is 7. The maximum absolute atomic E-state index is 12.4. The Hall–Kier alpha value is -4.00. The molecule has 7 heteroatoms. The first kappa shape index (κ1) is 24.1. The zero-order valence-corrected chi connectivity index (χ0v) is 21.0. The molecule has 0 fully saturated rings. The Morgan fingerprint density at radius 1 is 0.971 bits per heavy atom. The molecule has 7 nitrogen and oxygen atoms in total. The van der Waals surface area contributed by atoms with Crippen molar-refractivity contribution in [2.24, 2.45) is 0 Å². The molecular formula is C28H31N3O4. The van der Waals surface area contributed by atoms with E-state index in [1.54, 1.807) is 14.2 Å². The van der Waals surface area contributed by atoms with Crippen LogP contribution in [0.3, 0.4) is 0 Å². The number of hydrogen-bond acceptors (Lipinski definition) is 6. The third kappa shape index (κ3) is 4.94. The molecule has 4 rings (SSSR count). The van der Waals surface area contributed by atoms with Gasteiger partial charge in [0.15, 0.2) is 18.2 Å². The van der Waals surface area contributed by atoms with Crippen molar-refractivity contribution in [3.8, 4) is 11.5 Å². The molecule has 0 saturated heterocycles. The molecule has 0 aliphatic carbocycles. The molecule has 0 radical (unpaired) electrons. The molecule has 35 heavy (non-hydrogen) atoms. The lowest BCUT2D eigenvalue weighted by atomic mass is 10.0. The molecule has 1 aromatic heterocycles. The zero-order valence-electron chi connectivity index (χ0n) is 21.0. The van der Waals surface area contributed by atoms with Gasteiger partial charge in [-0.1, -0.05) is 18.2 Å². The number of nitrogens with one attached hydrogen (secondary N) is 1. The molecule has 0 unspecified atom stereocenters. The van der Waals surface area contributed by atoms with Gasteiger partial charge in [0.05, 0.1) is 30.9 Å². The second-order valence-corrected chi connectivity index (χ2v) is 8.77. The van der Waals surface area contributed by atoms with Crippen LogP contribution in [0.1, 0.15) is 25.0 Å². The zero-order chi connectivity index (χ0) is 25.1. The molecule has 0 saturated carbocycles. The van der Waals surface area contributed by atoms with Crippen molar-refractivity contribution in [3.05, 3.63) is 65.7 Å². The van der Waals surface area contributed by atoms with Crippen LogP contribution < -0.4 is 19.7 Å². The highest BCUT2D eigenvalue weighted by molar-refractivity contribution is 6.04. The molecule has 1 heterocycles.